The van der Waals surface area contributed by atoms with Gasteiger partial charge in [0.25, 0.3) is 15.9 Å². The molecule has 33 heavy (non-hydrogen) atoms. The van der Waals surface area contributed by atoms with Crippen LogP contribution in [0.2, 0.25) is 0 Å². The molecular weight excluding hydrogens is 445 g/mol. The molecule has 3 aromatic carbocycles. The number of hydrogen-bond acceptors (Lipinski definition) is 4. The van der Waals surface area contributed by atoms with Gasteiger partial charge in [-0.2, -0.15) is 0 Å². The van der Waals surface area contributed by atoms with Crippen LogP contribution >= 0.6 is 0 Å². The SMILES string of the molecule is Cc1cc(C)c(NC(=O)CNC(=O)c2ccc(S(=O)(=O)Nc3ccc(F)cc3)cc2)c(C)c1. The van der Waals surface area contributed by atoms with Gasteiger partial charge in [0.05, 0.1) is 11.4 Å². The molecule has 7 nitrogen and oxygen atoms in total. The molecule has 2 amide bonds. The molecule has 3 aromatic rings. The summed E-state index contributed by atoms with van der Waals surface area (Å²) < 4.78 is 40.3. The van der Waals surface area contributed by atoms with Gasteiger partial charge in [-0.1, -0.05) is 17.7 Å². The maximum atomic E-state index is 13.0. The van der Waals surface area contributed by atoms with Crippen LogP contribution in [0, 0.1) is 26.6 Å². The standard InChI is InChI=1S/C24H24FN3O4S/c1-15-12-16(2)23(17(3)13-15)27-22(29)14-26-24(30)18-4-10-21(11-5-18)33(31,32)28-20-8-6-19(25)7-9-20/h4-13,28H,14H2,1-3H3,(H,26,30)(H,27,29). The first kappa shape index (κ1) is 23.9. The maximum Gasteiger partial charge on any atom is 0.261 e. The number of amides is 2. The zero-order valence-corrected chi connectivity index (χ0v) is 19.2. The lowest BCUT2D eigenvalue weighted by Crippen LogP contribution is -2.33. The highest BCUT2D eigenvalue weighted by atomic mass is 32.2. The van der Waals surface area contributed by atoms with Gasteiger partial charge in [0, 0.05) is 16.9 Å². The normalized spacial score (nSPS) is 11.0. The fourth-order valence-corrected chi connectivity index (χ4v) is 4.40. The third kappa shape index (κ3) is 6.17. The van der Waals surface area contributed by atoms with Crippen molar-refractivity contribution in [2.24, 2.45) is 0 Å². The molecule has 0 saturated heterocycles. The van der Waals surface area contributed by atoms with Gasteiger partial charge in [-0.3, -0.25) is 14.3 Å². The Labute approximate surface area is 192 Å². The minimum absolute atomic E-state index is 0.0635. The molecule has 0 fully saturated rings. The van der Waals surface area contributed by atoms with Crippen LogP contribution in [0.3, 0.4) is 0 Å². The summed E-state index contributed by atoms with van der Waals surface area (Å²) in [6.45, 7) is 5.53. The Kier molecular flexibility index (Phi) is 7.13. The minimum Gasteiger partial charge on any atom is -0.343 e. The van der Waals surface area contributed by atoms with E-state index < -0.39 is 21.7 Å². The van der Waals surface area contributed by atoms with E-state index in [-0.39, 0.29) is 28.6 Å². The molecule has 3 N–H and O–H groups in total. The van der Waals surface area contributed by atoms with Crippen LogP contribution in [0.5, 0.6) is 0 Å². The predicted octanol–water partition coefficient (Wildman–Crippen LogP) is 3.92. The number of carbonyl (C=O) groups excluding carboxylic acids is 2. The van der Waals surface area contributed by atoms with E-state index in [0.29, 0.717) is 5.69 Å². The summed E-state index contributed by atoms with van der Waals surface area (Å²) in [7, 11) is -3.91. The van der Waals surface area contributed by atoms with Gasteiger partial charge in [0.1, 0.15) is 5.82 Å². The monoisotopic (exact) mass is 469 g/mol. The van der Waals surface area contributed by atoms with Crippen molar-refractivity contribution in [1.82, 2.24) is 5.32 Å². The zero-order chi connectivity index (χ0) is 24.2. The fourth-order valence-electron chi connectivity index (χ4n) is 3.34. The lowest BCUT2D eigenvalue weighted by Gasteiger charge is -2.13. The Morgan fingerprint density at radius 3 is 2.03 bits per heavy atom. The van der Waals surface area contributed by atoms with Crippen LogP contribution in [0.15, 0.2) is 65.6 Å². The average Bonchev–Trinajstić information content (AvgIpc) is 2.76. The Hall–Kier alpha value is -3.72. The van der Waals surface area contributed by atoms with Gasteiger partial charge in [0.15, 0.2) is 0 Å². The van der Waals surface area contributed by atoms with E-state index in [9.17, 15) is 22.4 Å². The Morgan fingerprint density at radius 1 is 0.879 bits per heavy atom. The first-order chi connectivity index (χ1) is 15.5. The zero-order valence-electron chi connectivity index (χ0n) is 18.4. The smallest absolute Gasteiger partial charge is 0.261 e. The number of rotatable bonds is 7. The van der Waals surface area contributed by atoms with Crippen LogP contribution < -0.4 is 15.4 Å². The van der Waals surface area contributed by atoms with E-state index >= 15 is 0 Å². The van der Waals surface area contributed by atoms with E-state index in [1.807, 2.05) is 32.9 Å². The van der Waals surface area contributed by atoms with Crippen LogP contribution in [0.4, 0.5) is 15.8 Å². The second kappa shape index (κ2) is 9.83. The quantitative estimate of drug-likeness (QED) is 0.488. The summed E-state index contributed by atoms with van der Waals surface area (Å²) in [6, 6.07) is 14.1. The molecule has 0 unspecified atom stereocenters. The number of hydrogen-bond donors (Lipinski definition) is 3. The number of aryl methyl sites for hydroxylation is 3. The molecule has 172 valence electrons. The molecule has 0 spiro atoms. The lowest BCUT2D eigenvalue weighted by atomic mass is 10.1. The summed E-state index contributed by atoms with van der Waals surface area (Å²) in [5.41, 5.74) is 4.07. The van der Waals surface area contributed by atoms with Crippen molar-refractivity contribution >= 4 is 33.2 Å². The van der Waals surface area contributed by atoms with E-state index in [2.05, 4.69) is 15.4 Å². The molecule has 3 rings (SSSR count). The Morgan fingerprint density at radius 2 is 1.45 bits per heavy atom. The van der Waals surface area contributed by atoms with E-state index in [1.165, 1.54) is 36.4 Å². The van der Waals surface area contributed by atoms with E-state index in [1.54, 1.807) is 0 Å². The van der Waals surface area contributed by atoms with Crippen LogP contribution in [-0.2, 0) is 14.8 Å². The number of anilines is 2. The summed E-state index contributed by atoms with van der Waals surface area (Å²) in [5.74, 6) is -1.37. The van der Waals surface area contributed by atoms with E-state index in [0.717, 1.165) is 28.8 Å². The molecular formula is C24H24FN3O4S. The molecule has 0 atom stereocenters. The molecule has 0 aliphatic carbocycles. The minimum atomic E-state index is -3.91. The lowest BCUT2D eigenvalue weighted by molar-refractivity contribution is -0.115. The summed E-state index contributed by atoms with van der Waals surface area (Å²) in [5, 5.41) is 5.32. The molecule has 0 saturated carbocycles. The highest BCUT2D eigenvalue weighted by Crippen LogP contribution is 2.22. The second-order valence-corrected chi connectivity index (χ2v) is 9.32. The number of halogens is 1. The third-order valence-electron chi connectivity index (χ3n) is 4.87. The van der Waals surface area contributed by atoms with Gasteiger partial charge in [-0.05, 0) is 80.4 Å². The van der Waals surface area contributed by atoms with Crippen molar-refractivity contribution in [3.8, 4) is 0 Å². The van der Waals surface area contributed by atoms with Gasteiger partial charge < -0.3 is 10.6 Å². The highest BCUT2D eigenvalue weighted by Gasteiger charge is 2.16. The largest absolute Gasteiger partial charge is 0.343 e. The summed E-state index contributed by atoms with van der Waals surface area (Å²) in [6.07, 6.45) is 0. The van der Waals surface area contributed by atoms with E-state index in [4.69, 9.17) is 0 Å². The average molecular weight is 470 g/mol. The first-order valence-corrected chi connectivity index (χ1v) is 11.6. The van der Waals surface area contributed by atoms with Gasteiger partial charge in [-0.15, -0.1) is 0 Å². The van der Waals surface area contributed by atoms with Crippen molar-refractivity contribution in [1.29, 1.82) is 0 Å². The number of sulfonamides is 1. The summed E-state index contributed by atoms with van der Waals surface area (Å²) >= 11 is 0. The maximum absolute atomic E-state index is 13.0. The second-order valence-electron chi connectivity index (χ2n) is 7.64. The molecule has 0 bridgehead atoms. The predicted molar refractivity (Wildman–Crippen MR) is 125 cm³/mol. The molecule has 0 aromatic heterocycles. The van der Waals surface area contributed by atoms with Crippen molar-refractivity contribution in [2.75, 3.05) is 16.6 Å². The molecule has 0 heterocycles. The van der Waals surface area contributed by atoms with Crippen molar-refractivity contribution in [3.05, 3.63) is 88.7 Å². The third-order valence-corrected chi connectivity index (χ3v) is 6.27. The number of benzene rings is 3. The van der Waals surface area contributed by atoms with Crippen molar-refractivity contribution < 1.29 is 22.4 Å². The van der Waals surface area contributed by atoms with Crippen molar-refractivity contribution in [3.63, 3.8) is 0 Å². The first-order valence-electron chi connectivity index (χ1n) is 10.1. The van der Waals surface area contributed by atoms with Gasteiger partial charge in [-0.25, -0.2) is 12.8 Å². The Balaban J connectivity index is 1.60. The number of carbonyl (C=O) groups is 2. The van der Waals surface area contributed by atoms with Crippen LogP contribution in [0.25, 0.3) is 0 Å². The molecule has 0 aliphatic heterocycles. The topological polar surface area (TPSA) is 104 Å². The number of nitrogens with one attached hydrogen (secondary N) is 3. The van der Waals surface area contributed by atoms with Crippen molar-refractivity contribution in [2.45, 2.75) is 25.7 Å². The molecule has 9 heteroatoms. The highest BCUT2D eigenvalue weighted by molar-refractivity contribution is 7.92. The molecule has 0 radical (unpaired) electrons. The van der Waals surface area contributed by atoms with Crippen LogP contribution in [0.1, 0.15) is 27.0 Å². The van der Waals surface area contributed by atoms with Gasteiger partial charge in [0.2, 0.25) is 5.91 Å². The molecule has 0 aliphatic rings. The Bertz CT molecular complexity index is 1270. The summed E-state index contributed by atoms with van der Waals surface area (Å²) in [4.78, 5) is 24.6. The van der Waals surface area contributed by atoms with Gasteiger partial charge >= 0.3 is 0 Å². The fraction of sp³-hybridized carbons (Fsp3) is 0.167. The van der Waals surface area contributed by atoms with Crippen LogP contribution in [-0.4, -0.2) is 26.8 Å².